The van der Waals surface area contributed by atoms with Crippen molar-refractivity contribution in [3.05, 3.63) is 34.9 Å². The van der Waals surface area contributed by atoms with Gasteiger partial charge in [0.05, 0.1) is 13.2 Å². The van der Waals surface area contributed by atoms with Crippen LogP contribution < -0.4 is 5.43 Å². The molecule has 19 heavy (non-hydrogen) atoms. The predicted molar refractivity (Wildman–Crippen MR) is 69.6 cm³/mol. The lowest BCUT2D eigenvalue weighted by atomic mass is 10.1. The van der Waals surface area contributed by atoms with Crippen molar-refractivity contribution < 1.29 is 14.3 Å². The molecule has 2 fully saturated rings. The van der Waals surface area contributed by atoms with E-state index in [1.807, 2.05) is 17.1 Å². The lowest BCUT2D eigenvalue weighted by Crippen LogP contribution is -2.49. The van der Waals surface area contributed by atoms with Crippen molar-refractivity contribution in [3.63, 3.8) is 0 Å². The topological polar surface area (TPSA) is 54.1 Å². The van der Waals surface area contributed by atoms with Crippen molar-refractivity contribution in [1.82, 2.24) is 10.4 Å². The Balaban J connectivity index is 1.54. The van der Waals surface area contributed by atoms with Gasteiger partial charge in [0.2, 0.25) is 0 Å². The number of hydrogen-bond donors (Lipinski definition) is 1. The van der Waals surface area contributed by atoms with Gasteiger partial charge in [0.1, 0.15) is 6.10 Å². The van der Waals surface area contributed by atoms with Crippen LogP contribution in [0.4, 0.5) is 0 Å². The van der Waals surface area contributed by atoms with E-state index in [1.54, 1.807) is 12.1 Å². The Morgan fingerprint density at radius 3 is 2.63 bits per heavy atom. The number of amides is 1. The smallest absolute Gasteiger partial charge is 0.266 e. The number of hydrazine groups is 1. The molecule has 1 aromatic rings. The number of benzene rings is 1. The summed E-state index contributed by atoms with van der Waals surface area (Å²) in [5.41, 5.74) is 3.83. The van der Waals surface area contributed by atoms with Gasteiger partial charge in [0.25, 0.3) is 5.91 Å². The molecular formula is C13H15ClN2O3. The Bertz CT molecular complexity index is 459. The summed E-state index contributed by atoms with van der Waals surface area (Å²) in [6, 6.07) is 7.37. The fourth-order valence-electron chi connectivity index (χ4n) is 2.11. The molecule has 0 aromatic heterocycles. The summed E-state index contributed by atoms with van der Waals surface area (Å²) in [5, 5.41) is 2.55. The number of carbonyl (C=O) groups excluding carboxylic acids is 1. The average Bonchev–Trinajstić information content (AvgIpc) is 3.21. The third kappa shape index (κ3) is 3.06. The van der Waals surface area contributed by atoms with E-state index in [2.05, 4.69) is 5.43 Å². The van der Waals surface area contributed by atoms with Crippen molar-refractivity contribution in [2.75, 3.05) is 26.3 Å². The second-order valence-corrected chi connectivity index (χ2v) is 5.04. The van der Waals surface area contributed by atoms with E-state index in [-0.39, 0.29) is 12.0 Å². The van der Waals surface area contributed by atoms with Crippen LogP contribution >= 0.6 is 11.6 Å². The number of nitrogens with zero attached hydrogens (tertiary/aromatic N) is 1. The Hall–Kier alpha value is -1.14. The molecule has 0 saturated carbocycles. The zero-order valence-corrected chi connectivity index (χ0v) is 11.1. The number of carbonyl (C=O) groups is 1. The number of epoxide rings is 1. The molecule has 2 unspecified atom stereocenters. The lowest BCUT2D eigenvalue weighted by molar-refractivity contribution is -0.129. The van der Waals surface area contributed by atoms with Gasteiger partial charge >= 0.3 is 0 Å². The molecule has 0 bridgehead atoms. The molecule has 0 aliphatic carbocycles. The minimum Gasteiger partial charge on any atom is -0.379 e. The normalized spacial score (nSPS) is 27.0. The largest absolute Gasteiger partial charge is 0.379 e. The number of nitrogens with one attached hydrogen (secondary N) is 1. The van der Waals surface area contributed by atoms with Crippen LogP contribution in [0.25, 0.3) is 0 Å². The summed E-state index contributed by atoms with van der Waals surface area (Å²) in [5.74, 6) is -0.0955. The maximum Gasteiger partial charge on any atom is 0.266 e. The van der Waals surface area contributed by atoms with Gasteiger partial charge in [-0.1, -0.05) is 23.7 Å². The van der Waals surface area contributed by atoms with Gasteiger partial charge in [-0.15, -0.1) is 0 Å². The van der Waals surface area contributed by atoms with Crippen LogP contribution in [-0.4, -0.2) is 43.3 Å². The van der Waals surface area contributed by atoms with Crippen molar-refractivity contribution in [1.29, 1.82) is 0 Å². The number of morpholine rings is 1. The highest BCUT2D eigenvalue weighted by Gasteiger charge is 2.46. The van der Waals surface area contributed by atoms with Crippen LogP contribution in [-0.2, 0) is 14.3 Å². The molecule has 2 aliphatic heterocycles. The van der Waals surface area contributed by atoms with Crippen LogP contribution in [0.3, 0.4) is 0 Å². The van der Waals surface area contributed by atoms with Crippen LogP contribution in [0.5, 0.6) is 0 Å². The van der Waals surface area contributed by atoms with E-state index in [0.29, 0.717) is 31.3 Å². The lowest BCUT2D eigenvalue weighted by Gasteiger charge is -2.26. The second-order valence-electron chi connectivity index (χ2n) is 4.60. The molecule has 5 nitrogen and oxygen atoms in total. The van der Waals surface area contributed by atoms with Crippen LogP contribution in [0, 0.1) is 0 Å². The average molecular weight is 283 g/mol. The molecule has 2 heterocycles. The zero-order valence-electron chi connectivity index (χ0n) is 10.3. The molecule has 102 valence electrons. The highest BCUT2D eigenvalue weighted by Crippen LogP contribution is 2.39. The molecule has 3 rings (SSSR count). The van der Waals surface area contributed by atoms with E-state index in [1.165, 1.54) is 0 Å². The van der Waals surface area contributed by atoms with Crippen LogP contribution in [0.15, 0.2) is 24.3 Å². The van der Waals surface area contributed by atoms with Crippen molar-refractivity contribution >= 4 is 17.5 Å². The van der Waals surface area contributed by atoms with E-state index in [9.17, 15) is 4.79 Å². The minimum absolute atomic E-state index is 0.0955. The zero-order chi connectivity index (χ0) is 13.2. The first-order valence-electron chi connectivity index (χ1n) is 6.28. The van der Waals surface area contributed by atoms with Gasteiger partial charge in [0.15, 0.2) is 6.10 Å². The van der Waals surface area contributed by atoms with E-state index >= 15 is 0 Å². The molecule has 1 N–H and O–H groups in total. The number of hydrogen-bond acceptors (Lipinski definition) is 4. The third-order valence-corrected chi connectivity index (χ3v) is 3.48. The first kappa shape index (κ1) is 12.9. The summed E-state index contributed by atoms with van der Waals surface area (Å²) in [4.78, 5) is 12.0. The van der Waals surface area contributed by atoms with E-state index < -0.39 is 6.10 Å². The van der Waals surface area contributed by atoms with E-state index in [4.69, 9.17) is 21.1 Å². The maximum atomic E-state index is 12.0. The van der Waals surface area contributed by atoms with Crippen molar-refractivity contribution in [2.24, 2.45) is 0 Å². The van der Waals surface area contributed by atoms with E-state index in [0.717, 1.165) is 5.56 Å². The highest BCUT2D eigenvalue weighted by molar-refractivity contribution is 6.30. The molecule has 6 heteroatoms. The molecular weight excluding hydrogens is 268 g/mol. The molecule has 2 aliphatic rings. The molecule has 0 spiro atoms. The van der Waals surface area contributed by atoms with Gasteiger partial charge in [-0.25, -0.2) is 5.01 Å². The van der Waals surface area contributed by atoms with Gasteiger partial charge in [0, 0.05) is 18.1 Å². The fourth-order valence-corrected chi connectivity index (χ4v) is 2.24. The Morgan fingerprint density at radius 1 is 1.26 bits per heavy atom. The quantitative estimate of drug-likeness (QED) is 0.845. The Kier molecular flexibility index (Phi) is 3.70. The summed E-state index contributed by atoms with van der Waals surface area (Å²) >= 11 is 5.83. The van der Waals surface area contributed by atoms with Gasteiger partial charge in [-0.3, -0.25) is 10.2 Å². The predicted octanol–water partition coefficient (Wildman–Crippen LogP) is 1.14. The number of halogens is 1. The van der Waals surface area contributed by atoms with Crippen molar-refractivity contribution in [2.45, 2.75) is 12.2 Å². The van der Waals surface area contributed by atoms with Crippen molar-refractivity contribution in [3.8, 4) is 0 Å². The fraction of sp³-hybridized carbons (Fsp3) is 0.462. The highest BCUT2D eigenvalue weighted by atomic mass is 35.5. The van der Waals surface area contributed by atoms with Gasteiger partial charge in [-0.2, -0.15) is 0 Å². The minimum atomic E-state index is -0.399. The Morgan fingerprint density at radius 2 is 1.95 bits per heavy atom. The molecule has 2 atom stereocenters. The maximum absolute atomic E-state index is 12.0. The van der Waals surface area contributed by atoms with Gasteiger partial charge in [-0.05, 0) is 17.7 Å². The number of rotatable bonds is 3. The summed E-state index contributed by atoms with van der Waals surface area (Å²) < 4.78 is 10.7. The standard InChI is InChI=1S/C13H15ClN2O3/c14-10-3-1-9(2-4-10)11-12(19-11)13(17)15-16-5-7-18-8-6-16/h1-4,11-12H,5-8H2,(H,15,17). The molecule has 2 saturated heterocycles. The number of ether oxygens (including phenoxy) is 2. The first-order valence-corrected chi connectivity index (χ1v) is 6.66. The third-order valence-electron chi connectivity index (χ3n) is 3.23. The van der Waals surface area contributed by atoms with Crippen LogP contribution in [0.1, 0.15) is 11.7 Å². The summed E-state index contributed by atoms with van der Waals surface area (Å²) in [7, 11) is 0. The molecule has 0 radical (unpaired) electrons. The Labute approximate surface area is 116 Å². The van der Waals surface area contributed by atoms with Gasteiger partial charge < -0.3 is 9.47 Å². The SMILES string of the molecule is O=C(NN1CCOCC1)C1OC1c1ccc(Cl)cc1. The second kappa shape index (κ2) is 5.46. The summed E-state index contributed by atoms with van der Waals surface area (Å²) in [6.07, 6.45) is -0.553. The summed E-state index contributed by atoms with van der Waals surface area (Å²) in [6.45, 7) is 2.72. The molecule has 1 aromatic carbocycles. The molecule has 1 amide bonds. The monoisotopic (exact) mass is 282 g/mol. The van der Waals surface area contributed by atoms with Crippen LogP contribution in [0.2, 0.25) is 5.02 Å². The first-order chi connectivity index (χ1) is 9.24.